The molecule has 1 aromatic carbocycles. The van der Waals surface area contributed by atoms with E-state index in [2.05, 4.69) is 0 Å². The summed E-state index contributed by atoms with van der Waals surface area (Å²) in [6.07, 6.45) is 1.24. The number of rotatable bonds is 6. The van der Waals surface area contributed by atoms with Crippen molar-refractivity contribution in [2.75, 3.05) is 19.6 Å². The molecule has 0 spiro atoms. The first-order valence-electron chi connectivity index (χ1n) is 5.93. The van der Waals surface area contributed by atoms with Crippen molar-refractivity contribution in [3.63, 3.8) is 0 Å². The maximum absolute atomic E-state index is 12.0. The third-order valence-electron chi connectivity index (χ3n) is 2.51. The van der Waals surface area contributed by atoms with Gasteiger partial charge >= 0.3 is 0 Å². The summed E-state index contributed by atoms with van der Waals surface area (Å²) in [6.45, 7) is 3.83. The summed E-state index contributed by atoms with van der Waals surface area (Å²) >= 11 is 0. The molecule has 0 aliphatic heterocycles. The predicted molar refractivity (Wildman–Crippen MR) is 67.7 cm³/mol. The number of amides is 1. The molecule has 3 N–H and O–H groups in total. The number of carbonyl (C=O) groups is 1. The second-order valence-corrected chi connectivity index (χ2v) is 4.02. The number of hydrogen-bond acceptors (Lipinski definition) is 3. The van der Waals surface area contributed by atoms with Gasteiger partial charge in [-0.3, -0.25) is 4.79 Å². The van der Waals surface area contributed by atoms with E-state index in [-0.39, 0.29) is 11.7 Å². The van der Waals surface area contributed by atoms with Crippen LogP contribution in [0.5, 0.6) is 5.75 Å². The van der Waals surface area contributed by atoms with Crippen molar-refractivity contribution >= 4 is 5.91 Å². The molecule has 0 atom stereocenters. The zero-order valence-electron chi connectivity index (χ0n) is 10.2. The van der Waals surface area contributed by atoms with Gasteiger partial charge in [-0.1, -0.05) is 19.1 Å². The van der Waals surface area contributed by atoms with Crippen molar-refractivity contribution in [1.29, 1.82) is 0 Å². The zero-order valence-corrected chi connectivity index (χ0v) is 10.2. The van der Waals surface area contributed by atoms with Crippen LogP contribution < -0.4 is 5.73 Å². The molecule has 0 saturated carbocycles. The Kier molecular flexibility index (Phi) is 5.49. The molecule has 1 rings (SSSR count). The van der Waals surface area contributed by atoms with E-state index in [9.17, 15) is 9.90 Å². The lowest BCUT2D eigenvalue weighted by atomic mass is 10.1. The normalized spacial score (nSPS) is 10.2. The third-order valence-corrected chi connectivity index (χ3v) is 2.51. The molecule has 4 heteroatoms. The van der Waals surface area contributed by atoms with Gasteiger partial charge in [0.2, 0.25) is 5.91 Å². The van der Waals surface area contributed by atoms with Crippen LogP contribution in [0.4, 0.5) is 0 Å². The molecular weight excluding hydrogens is 216 g/mol. The van der Waals surface area contributed by atoms with Gasteiger partial charge in [0, 0.05) is 19.6 Å². The van der Waals surface area contributed by atoms with E-state index in [0.29, 0.717) is 19.5 Å². The Labute approximate surface area is 102 Å². The van der Waals surface area contributed by atoms with Crippen molar-refractivity contribution in [3.8, 4) is 5.75 Å². The topological polar surface area (TPSA) is 66.6 Å². The van der Waals surface area contributed by atoms with Crippen LogP contribution in [0.3, 0.4) is 0 Å². The molecule has 4 nitrogen and oxygen atoms in total. The molecular formula is C13H20N2O2. The Hall–Kier alpha value is -1.55. The van der Waals surface area contributed by atoms with Crippen LogP contribution in [0.15, 0.2) is 24.3 Å². The second kappa shape index (κ2) is 6.91. The van der Waals surface area contributed by atoms with E-state index < -0.39 is 0 Å². The molecule has 0 aromatic heterocycles. The maximum atomic E-state index is 12.0. The van der Waals surface area contributed by atoms with Gasteiger partial charge in [0.25, 0.3) is 0 Å². The Morgan fingerprint density at radius 2 is 2.18 bits per heavy atom. The van der Waals surface area contributed by atoms with E-state index in [1.54, 1.807) is 23.1 Å². The molecule has 94 valence electrons. The molecule has 0 fully saturated rings. The molecule has 0 aliphatic carbocycles. The minimum absolute atomic E-state index is 0.0582. The van der Waals surface area contributed by atoms with Crippen LogP contribution >= 0.6 is 0 Å². The number of carbonyl (C=O) groups excluding carboxylic acids is 1. The summed E-state index contributed by atoms with van der Waals surface area (Å²) in [6, 6.07) is 6.79. The molecule has 0 heterocycles. The number of phenols is 1. The highest BCUT2D eigenvalue weighted by Crippen LogP contribution is 2.12. The average Bonchev–Trinajstić information content (AvgIpc) is 2.28. The molecule has 0 bridgehead atoms. The van der Waals surface area contributed by atoms with Gasteiger partial charge in [-0.05, 0) is 24.1 Å². The van der Waals surface area contributed by atoms with E-state index in [0.717, 1.165) is 18.5 Å². The highest BCUT2D eigenvalue weighted by Gasteiger charge is 2.12. The Balaban J connectivity index is 2.62. The first-order chi connectivity index (χ1) is 8.17. The summed E-state index contributed by atoms with van der Waals surface area (Å²) in [5.74, 6) is 0.249. The molecule has 0 unspecified atom stereocenters. The van der Waals surface area contributed by atoms with Crippen molar-refractivity contribution in [3.05, 3.63) is 29.8 Å². The van der Waals surface area contributed by atoms with Gasteiger partial charge in [0.1, 0.15) is 5.75 Å². The van der Waals surface area contributed by atoms with Gasteiger partial charge in [0.05, 0.1) is 6.42 Å². The van der Waals surface area contributed by atoms with Crippen LogP contribution in [0.1, 0.15) is 18.9 Å². The Bertz CT molecular complexity index is 360. The van der Waals surface area contributed by atoms with Crippen molar-refractivity contribution < 1.29 is 9.90 Å². The predicted octanol–water partition coefficient (Wildman–Crippen LogP) is 1.13. The minimum atomic E-state index is 0.0582. The number of hydrogen-bond donors (Lipinski definition) is 2. The lowest BCUT2D eigenvalue weighted by molar-refractivity contribution is -0.130. The first kappa shape index (κ1) is 13.5. The van der Waals surface area contributed by atoms with E-state index in [1.807, 2.05) is 13.0 Å². The van der Waals surface area contributed by atoms with Crippen molar-refractivity contribution in [2.45, 2.75) is 19.8 Å². The van der Waals surface area contributed by atoms with Crippen LogP contribution in [0, 0.1) is 0 Å². The minimum Gasteiger partial charge on any atom is -0.508 e. The lowest BCUT2D eigenvalue weighted by Gasteiger charge is -2.21. The number of benzene rings is 1. The molecule has 0 radical (unpaired) electrons. The molecule has 1 aromatic rings. The second-order valence-electron chi connectivity index (χ2n) is 4.02. The molecule has 0 saturated heterocycles. The van der Waals surface area contributed by atoms with Gasteiger partial charge in [-0.25, -0.2) is 0 Å². The lowest BCUT2D eigenvalue weighted by Crippen LogP contribution is -2.36. The van der Waals surface area contributed by atoms with Gasteiger partial charge < -0.3 is 15.7 Å². The fourth-order valence-corrected chi connectivity index (χ4v) is 1.74. The standard InChI is InChI=1S/C13H20N2O2/c1-2-7-15(8-6-14)13(17)10-11-4-3-5-12(16)9-11/h3-5,9,16H,2,6-8,10,14H2,1H3. The third kappa shape index (κ3) is 4.44. The quantitative estimate of drug-likeness (QED) is 0.778. The SMILES string of the molecule is CCCN(CCN)C(=O)Cc1cccc(O)c1. The average molecular weight is 236 g/mol. The Morgan fingerprint density at radius 1 is 1.41 bits per heavy atom. The fourth-order valence-electron chi connectivity index (χ4n) is 1.74. The number of nitrogens with zero attached hydrogens (tertiary/aromatic N) is 1. The van der Waals surface area contributed by atoms with E-state index in [4.69, 9.17) is 5.73 Å². The summed E-state index contributed by atoms with van der Waals surface area (Å²) in [7, 11) is 0. The molecule has 1 amide bonds. The van der Waals surface area contributed by atoms with Crippen molar-refractivity contribution in [1.82, 2.24) is 4.90 Å². The zero-order chi connectivity index (χ0) is 12.7. The largest absolute Gasteiger partial charge is 0.508 e. The highest BCUT2D eigenvalue weighted by molar-refractivity contribution is 5.78. The van der Waals surface area contributed by atoms with Crippen LogP contribution in [-0.2, 0) is 11.2 Å². The molecule has 0 aliphatic rings. The summed E-state index contributed by atoms with van der Waals surface area (Å²) in [4.78, 5) is 13.8. The van der Waals surface area contributed by atoms with Crippen molar-refractivity contribution in [2.24, 2.45) is 5.73 Å². The highest BCUT2D eigenvalue weighted by atomic mass is 16.3. The smallest absolute Gasteiger partial charge is 0.227 e. The number of nitrogens with two attached hydrogens (primary N) is 1. The van der Waals surface area contributed by atoms with Gasteiger partial charge in [0.15, 0.2) is 0 Å². The number of aromatic hydroxyl groups is 1. The van der Waals surface area contributed by atoms with Crippen LogP contribution in [0.2, 0.25) is 0 Å². The monoisotopic (exact) mass is 236 g/mol. The fraction of sp³-hybridized carbons (Fsp3) is 0.462. The summed E-state index contributed by atoms with van der Waals surface area (Å²) in [5.41, 5.74) is 6.31. The Morgan fingerprint density at radius 3 is 2.76 bits per heavy atom. The maximum Gasteiger partial charge on any atom is 0.227 e. The summed E-state index contributed by atoms with van der Waals surface area (Å²) < 4.78 is 0. The van der Waals surface area contributed by atoms with Crippen LogP contribution in [0.25, 0.3) is 0 Å². The first-order valence-corrected chi connectivity index (χ1v) is 5.93. The van der Waals surface area contributed by atoms with Gasteiger partial charge in [-0.2, -0.15) is 0 Å². The van der Waals surface area contributed by atoms with Crippen LogP contribution in [-0.4, -0.2) is 35.5 Å². The van der Waals surface area contributed by atoms with Gasteiger partial charge in [-0.15, -0.1) is 0 Å². The summed E-state index contributed by atoms with van der Waals surface area (Å²) in [5, 5.41) is 9.33. The van der Waals surface area contributed by atoms with E-state index in [1.165, 1.54) is 0 Å². The number of phenolic OH excluding ortho intramolecular Hbond substituents is 1. The van der Waals surface area contributed by atoms with E-state index >= 15 is 0 Å². The molecule has 17 heavy (non-hydrogen) atoms.